The van der Waals surface area contributed by atoms with Gasteiger partial charge in [-0.1, -0.05) is 110 Å². The molecule has 0 amide bonds. The van der Waals surface area contributed by atoms with Crippen molar-refractivity contribution < 1.29 is 5.11 Å². The highest BCUT2D eigenvalue weighted by Gasteiger charge is 1.95. The number of halogens is 1. The van der Waals surface area contributed by atoms with Crippen molar-refractivity contribution in [3.63, 3.8) is 0 Å². The summed E-state index contributed by atoms with van der Waals surface area (Å²) in [7, 11) is 4.34. The van der Waals surface area contributed by atoms with Crippen molar-refractivity contribution >= 4 is 12.4 Å². The van der Waals surface area contributed by atoms with Crippen molar-refractivity contribution in [3.8, 4) is 0 Å². The molecule has 0 bridgehead atoms. The Morgan fingerprint density at radius 2 is 0.769 bits per heavy atom. The fraction of sp³-hybridized carbons (Fsp3) is 1.00. The van der Waals surface area contributed by atoms with Gasteiger partial charge in [-0.15, -0.1) is 12.4 Å². The van der Waals surface area contributed by atoms with Crippen LogP contribution < -0.4 is 0 Å². The van der Waals surface area contributed by atoms with Crippen LogP contribution in [0.5, 0.6) is 0 Å². The van der Waals surface area contributed by atoms with Crippen LogP contribution in [0, 0.1) is 0 Å². The predicted octanol–water partition coefficient (Wildman–Crippen LogP) is 7.62. The van der Waals surface area contributed by atoms with E-state index in [1.54, 1.807) is 0 Å². The van der Waals surface area contributed by atoms with E-state index in [9.17, 15) is 0 Å². The summed E-state index contributed by atoms with van der Waals surface area (Å²) in [5.74, 6) is 0. The summed E-state index contributed by atoms with van der Waals surface area (Å²) in [4.78, 5) is 2.30. The minimum Gasteiger partial charge on any atom is -0.396 e. The molecule has 3 heteroatoms. The first kappa shape index (κ1) is 30.9. The van der Waals surface area contributed by atoms with Gasteiger partial charge in [0, 0.05) is 6.61 Å². The molecule has 0 aliphatic rings. The summed E-state index contributed by atoms with van der Waals surface area (Å²) in [5.41, 5.74) is 0. The molecule has 1 N–H and O–H groups in total. The van der Waals surface area contributed by atoms with Crippen LogP contribution in [0.3, 0.4) is 0 Å². The van der Waals surface area contributed by atoms with Gasteiger partial charge in [-0.3, -0.25) is 0 Å². The Morgan fingerprint density at radius 1 is 0.500 bits per heavy atom. The molecule has 0 unspecified atom stereocenters. The fourth-order valence-electron chi connectivity index (χ4n) is 2.98. The van der Waals surface area contributed by atoms with E-state index in [-0.39, 0.29) is 12.4 Å². The highest BCUT2D eigenvalue weighted by molar-refractivity contribution is 5.85. The Morgan fingerprint density at radius 3 is 1.00 bits per heavy atom. The maximum Gasteiger partial charge on any atom is 0.0428 e. The number of aliphatic hydroxyl groups is 1. The first-order chi connectivity index (χ1) is 12.2. The van der Waals surface area contributed by atoms with Crippen molar-refractivity contribution in [1.82, 2.24) is 4.90 Å². The minimum absolute atomic E-state index is 0. The summed E-state index contributed by atoms with van der Waals surface area (Å²) in [6.45, 7) is 5.81. The number of unbranched alkanes of at least 4 members (excludes halogenated alkanes) is 15. The first-order valence-corrected chi connectivity index (χ1v) is 11.4. The van der Waals surface area contributed by atoms with Crippen molar-refractivity contribution in [1.29, 1.82) is 0 Å². The monoisotopic (exact) mass is 393 g/mol. The lowest BCUT2D eigenvalue weighted by molar-refractivity contribution is 0.295. The normalized spacial score (nSPS) is 10.4. The summed E-state index contributed by atoms with van der Waals surface area (Å²) < 4.78 is 0. The van der Waals surface area contributed by atoms with E-state index in [1.165, 1.54) is 109 Å². The second kappa shape index (κ2) is 30.0. The van der Waals surface area contributed by atoms with Gasteiger partial charge in [0.05, 0.1) is 0 Å². The van der Waals surface area contributed by atoms with E-state index >= 15 is 0 Å². The molecule has 0 aromatic heterocycles. The van der Waals surface area contributed by atoms with Gasteiger partial charge in [-0.05, 0) is 33.5 Å². The van der Waals surface area contributed by atoms with E-state index in [1.807, 2.05) is 6.92 Å². The number of hydrogen-bond donors (Lipinski definition) is 1. The van der Waals surface area contributed by atoms with Gasteiger partial charge in [0.1, 0.15) is 0 Å². The van der Waals surface area contributed by atoms with Gasteiger partial charge in [-0.25, -0.2) is 0 Å². The molecule has 0 heterocycles. The molecule has 0 aromatic rings. The Kier molecular flexibility index (Phi) is 35.6. The number of nitrogens with zero attached hydrogens (tertiary/aromatic N) is 1. The Labute approximate surface area is 172 Å². The average molecular weight is 394 g/mol. The Balaban J connectivity index is -0.000000951. The smallest absolute Gasteiger partial charge is 0.0428 e. The molecule has 0 spiro atoms. The van der Waals surface area contributed by atoms with Gasteiger partial charge in [0.15, 0.2) is 0 Å². The van der Waals surface area contributed by atoms with Crippen molar-refractivity contribution in [2.75, 3.05) is 27.2 Å². The summed E-state index contributed by atoms with van der Waals surface area (Å²) in [6.07, 6.45) is 24.2. The van der Waals surface area contributed by atoms with Crippen molar-refractivity contribution in [3.05, 3.63) is 0 Å². The topological polar surface area (TPSA) is 23.5 Å². The quantitative estimate of drug-likeness (QED) is 0.242. The minimum atomic E-state index is 0. The van der Waals surface area contributed by atoms with Crippen LogP contribution in [-0.4, -0.2) is 37.3 Å². The Hall–Kier alpha value is 0.210. The maximum atomic E-state index is 7.88. The number of rotatable bonds is 18. The lowest BCUT2D eigenvalue weighted by Crippen LogP contribution is -2.12. The molecule has 0 rings (SSSR count). The molecule has 0 aromatic carbocycles. The zero-order chi connectivity index (χ0) is 19.0. The fourth-order valence-corrected chi connectivity index (χ4v) is 2.98. The third kappa shape index (κ3) is 35.3. The van der Waals surface area contributed by atoms with Gasteiger partial charge < -0.3 is 10.0 Å². The molecule has 0 radical (unpaired) electrons. The van der Waals surface area contributed by atoms with Gasteiger partial charge in [-0.2, -0.15) is 0 Å². The molecule has 0 saturated carbocycles. The average Bonchev–Trinajstić information content (AvgIpc) is 2.61. The third-order valence-corrected chi connectivity index (χ3v) is 4.68. The van der Waals surface area contributed by atoms with Crippen molar-refractivity contribution in [2.24, 2.45) is 0 Å². The van der Waals surface area contributed by atoms with Crippen LogP contribution in [0.15, 0.2) is 0 Å². The van der Waals surface area contributed by atoms with Crippen LogP contribution in [0.25, 0.3) is 0 Å². The SMILES string of the molecule is CCCCCCCCCCCCCCCCCCN(C)C.CCCO.Cl. The van der Waals surface area contributed by atoms with E-state index in [0.29, 0.717) is 6.61 Å². The molecule has 0 saturated heterocycles. The van der Waals surface area contributed by atoms with Crippen LogP contribution in [-0.2, 0) is 0 Å². The number of hydrogen-bond acceptors (Lipinski definition) is 2. The van der Waals surface area contributed by atoms with E-state index in [4.69, 9.17) is 5.11 Å². The summed E-state index contributed by atoms with van der Waals surface area (Å²) >= 11 is 0. The largest absolute Gasteiger partial charge is 0.396 e. The van der Waals surface area contributed by atoms with E-state index < -0.39 is 0 Å². The second-order valence-electron chi connectivity index (χ2n) is 7.83. The van der Waals surface area contributed by atoms with Crippen molar-refractivity contribution in [2.45, 2.75) is 123 Å². The molecule has 0 aliphatic carbocycles. The third-order valence-electron chi connectivity index (χ3n) is 4.68. The molecular weight excluding hydrogens is 342 g/mol. The molecule has 26 heavy (non-hydrogen) atoms. The molecule has 2 nitrogen and oxygen atoms in total. The second-order valence-corrected chi connectivity index (χ2v) is 7.83. The summed E-state index contributed by atoms with van der Waals surface area (Å²) in [6, 6.07) is 0. The highest BCUT2D eigenvalue weighted by Crippen LogP contribution is 2.13. The van der Waals surface area contributed by atoms with Crippen LogP contribution in [0.1, 0.15) is 123 Å². The molecule has 0 fully saturated rings. The van der Waals surface area contributed by atoms with Gasteiger partial charge >= 0.3 is 0 Å². The highest BCUT2D eigenvalue weighted by atomic mass is 35.5. The zero-order valence-corrected chi connectivity index (χ0v) is 19.6. The first-order valence-electron chi connectivity index (χ1n) is 11.4. The predicted molar refractivity (Wildman–Crippen MR) is 123 cm³/mol. The molecular formula is C23H52ClNO. The van der Waals surface area contributed by atoms with Gasteiger partial charge in [0.2, 0.25) is 0 Å². The van der Waals surface area contributed by atoms with E-state index in [2.05, 4.69) is 25.9 Å². The standard InChI is InChI=1S/C20H43N.C3H8O.ClH/c1-4-5-6-7-8-9-10-11-12-13-14-15-16-17-18-19-20-21(2)3;1-2-3-4;/h4-20H2,1-3H3;4H,2-3H2,1H3;1H. The zero-order valence-electron chi connectivity index (χ0n) is 18.7. The lowest BCUT2D eigenvalue weighted by atomic mass is 10.0. The lowest BCUT2D eigenvalue weighted by Gasteiger charge is -2.08. The number of aliphatic hydroxyl groups excluding tert-OH is 1. The molecule has 162 valence electrons. The Bertz CT molecular complexity index is 210. The maximum absolute atomic E-state index is 7.88. The van der Waals surface area contributed by atoms with Crippen LogP contribution >= 0.6 is 12.4 Å². The summed E-state index contributed by atoms with van der Waals surface area (Å²) in [5, 5.41) is 7.88. The molecule has 0 aliphatic heterocycles. The van der Waals surface area contributed by atoms with Crippen LogP contribution in [0.2, 0.25) is 0 Å². The van der Waals surface area contributed by atoms with Gasteiger partial charge in [0.25, 0.3) is 0 Å². The molecule has 0 atom stereocenters. The van der Waals surface area contributed by atoms with E-state index in [0.717, 1.165) is 6.42 Å². The van der Waals surface area contributed by atoms with Crippen LogP contribution in [0.4, 0.5) is 0 Å².